The summed E-state index contributed by atoms with van der Waals surface area (Å²) >= 11 is 3.32. The summed E-state index contributed by atoms with van der Waals surface area (Å²) in [5.41, 5.74) is 1.77. The molecule has 172 valence electrons. The van der Waals surface area contributed by atoms with Crippen LogP contribution in [0.3, 0.4) is 0 Å². The number of sulfonamides is 1. The second kappa shape index (κ2) is 9.17. The number of benzene rings is 2. The van der Waals surface area contributed by atoms with Crippen molar-refractivity contribution in [3.63, 3.8) is 0 Å². The molecule has 1 unspecified atom stereocenters. The average molecular weight is 500 g/mol. The van der Waals surface area contributed by atoms with Gasteiger partial charge in [-0.3, -0.25) is 0 Å². The van der Waals surface area contributed by atoms with Crippen molar-refractivity contribution in [2.45, 2.75) is 48.5 Å². The van der Waals surface area contributed by atoms with E-state index in [1.54, 1.807) is 45.6 Å². The van der Waals surface area contributed by atoms with Crippen molar-refractivity contribution in [1.29, 1.82) is 0 Å². The van der Waals surface area contributed by atoms with Crippen molar-refractivity contribution < 1.29 is 8.42 Å². The van der Waals surface area contributed by atoms with Gasteiger partial charge in [0.05, 0.1) is 20.4 Å². The molecule has 2 aromatic heterocycles. The third-order valence-corrected chi connectivity index (χ3v) is 10.1. The van der Waals surface area contributed by atoms with Crippen LogP contribution in [-0.4, -0.2) is 45.6 Å². The van der Waals surface area contributed by atoms with Gasteiger partial charge in [0.2, 0.25) is 10.0 Å². The molecule has 7 nitrogen and oxygen atoms in total. The van der Waals surface area contributed by atoms with E-state index in [1.165, 1.54) is 4.70 Å². The van der Waals surface area contributed by atoms with Crippen molar-refractivity contribution in [1.82, 2.24) is 24.1 Å². The summed E-state index contributed by atoms with van der Waals surface area (Å²) in [5, 5.41) is 10.8. The SMILES string of the molecule is CCn1c(SC(C)c2nc3ccccc3s2)nnc1-c1cccc(S(=O)(=O)N2CCCC2)c1. The first-order chi connectivity index (χ1) is 16.0. The van der Waals surface area contributed by atoms with Gasteiger partial charge in [-0.1, -0.05) is 36.0 Å². The molecule has 5 rings (SSSR count). The van der Waals surface area contributed by atoms with Gasteiger partial charge in [-0.05, 0) is 51.0 Å². The predicted octanol–water partition coefficient (Wildman–Crippen LogP) is 5.21. The number of thiazole rings is 1. The Balaban J connectivity index is 1.43. The van der Waals surface area contributed by atoms with E-state index in [-0.39, 0.29) is 5.25 Å². The van der Waals surface area contributed by atoms with E-state index < -0.39 is 10.0 Å². The van der Waals surface area contributed by atoms with Crippen LogP contribution < -0.4 is 0 Å². The van der Waals surface area contributed by atoms with Crippen molar-refractivity contribution in [2.75, 3.05) is 13.1 Å². The number of thioether (sulfide) groups is 1. The largest absolute Gasteiger partial charge is 0.302 e. The number of aromatic nitrogens is 4. The Hall–Kier alpha value is -2.27. The minimum Gasteiger partial charge on any atom is -0.302 e. The van der Waals surface area contributed by atoms with Crippen LogP contribution in [0.1, 0.15) is 36.9 Å². The second-order valence-electron chi connectivity index (χ2n) is 7.97. The summed E-state index contributed by atoms with van der Waals surface area (Å²) in [5.74, 6) is 0.676. The zero-order valence-electron chi connectivity index (χ0n) is 18.5. The maximum absolute atomic E-state index is 13.0. The highest BCUT2D eigenvalue weighted by Gasteiger charge is 2.28. The summed E-state index contributed by atoms with van der Waals surface area (Å²) < 4.78 is 30.8. The zero-order chi connectivity index (χ0) is 23.0. The van der Waals surface area contributed by atoms with Gasteiger partial charge in [0.15, 0.2) is 11.0 Å². The van der Waals surface area contributed by atoms with Crippen LogP contribution >= 0.6 is 23.1 Å². The van der Waals surface area contributed by atoms with Crippen LogP contribution in [0.25, 0.3) is 21.6 Å². The van der Waals surface area contributed by atoms with Gasteiger partial charge in [-0.25, -0.2) is 13.4 Å². The molecule has 2 aromatic carbocycles. The molecule has 0 amide bonds. The monoisotopic (exact) mass is 499 g/mol. The van der Waals surface area contributed by atoms with Gasteiger partial charge in [0, 0.05) is 25.2 Å². The highest BCUT2D eigenvalue weighted by molar-refractivity contribution is 7.99. The fourth-order valence-corrected chi connectivity index (χ4v) is 7.67. The Morgan fingerprint density at radius 1 is 1.09 bits per heavy atom. The van der Waals surface area contributed by atoms with Gasteiger partial charge < -0.3 is 4.57 Å². The van der Waals surface area contributed by atoms with Crippen LogP contribution in [0.4, 0.5) is 0 Å². The van der Waals surface area contributed by atoms with Crippen LogP contribution in [-0.2, 0) is 16.6 Å². The summed E-state index contributed by atoms with van der Waals surface area (Å²) in [6.45, 7) is 6.02. The first-order valence-electron chi connectivity index (χ1n) is 11.0. The van der Waals surface area contributed by atoms with Gasteiger partial charge >= 0.3 is 0 Å². The Labute approximate surface area is 201 Å². The smallest absolute Gasteiger partial charge is 0.243 e. The topological polar surface area (TPSA) is 81.0 Å². The molecule has 1 saturated heterocycles. The molecule has 0 spiro atoms. The number of hydrogen-bond acceptors (Lipinski definition) is 7. The number of nitrogens with zero attached hydrogens (tertiary/aromatic N) is 5. The Morgan fingerprint density at radius 3 is 2.64 bits per heavy atom. The lowest BCUT2D eigenvalue weighted by atomic mass is 10.2. The van der Waals surface area contributed by atoms with E-state index in [4.69, 9.17) is 4.98 Å². The molecule has 1 fully saturated rings. The molecule has 1 aliphatic heterocycles. The van der Waals surface area contributed by atoms with Gasteiger partial charge in [0.1, 0.15) is 5.01 Å². The van der Waals surface area contributed by atoms with E-state index in [2.05, 4.69) is 23.2 Å². The lowest BCUT2D eigenvalue weighted by molar-refractivity contribution is 0.477. The lowest BCUT2D eigenvalue weighted by Crippen LogP contribution is -2.27. The molecular weight excluding hydrogens is 474 g/mol. The van der Waals surface area contributed by atoms with E-state index in [0.29, 0.717) is 30.4 Å². The highest BCUT2D eigenvalue weighted by Crippen LogP contribution is 2.38. The minimum atomic E-state index is -3.49. The third-order valence-electron chi connectivity index (χ3n) is 5.77. The van der Waals surface area contributed by atoms with Gasteiger partial charge in [0.25, 0.3) is 0 Å². The summed E-state index contributed by atoms with van der Waals surface area (Å²) in [6.07, 6.45) is 1.83. The summed E-state index contributed by atoms with van der Waals surface area (Å²) in [7, 11) is -3.49. The molecule has 0 saturated carbocycles. The van der Waals surface area contributed by atoms with E-state index >= 15 is 0 Å². The number of rotatable bonds is 7. The average Bonchev–Trinajstić information content (AvgIpc) is 3.58. The van der Waals surface area contributed by atoms with Crippen molar-refractivity contribution in [3.8, 4) is 11.4 Å². The van der Waals surface area contributed by atoms with Gasteiger partial charge in [-0.2, -0.15) is 4.31 Å². The van der Waals surface area contributed by atoms with Crippen molar-refractivity contribution >= 4 is 43.3 Å². The Kier molecular flexibility index (Phi) is 6.26. The normalized spacial score (nSPS) is 15.9. The molecule has 33 heavy (non-hydrogen) atoms. The quantitative estimate of drug-likeness (QED) is 0.325. The summed E-state index contributed by atoms with van der Waals surface area (Å²) in [6, 6.07) is 15.2. The maximum Gasteiger partial charge on any atom is 0.243 e. The standard InChI is InChI=1S/C23H25N5O2S3/c1-3-28-21(17-9-8-10-18(15-17)33(29,30)27-13-6-7-14-27)25-26-23(28)31-16(2)22-24-19-11-4-5-12-20(19)32-22/h4-5,8-12,15-16H,3,6-7,13-14H2,1-2H3. The van der Waals surface area contributed by atoms with Crippen LogP contribution in [0.2, 0.25) is 0 Å². The Morgan fingerprint density at radius 2 is 1.88 bits per heavy atom. The zero-order valence-corrected chi connectivity index (χ0v) is 21.0. The molecule has 0 bridgehead atoms. The van der Waals surface area contributed by atoms with Crippen molar-refractivity contribution in [2.24, 2.45) is 0 Å². The molecule has 1 aliphatic rings. The van der Waals surface area contributed by atoms with Crippen LogP contribution in [0.5, 0.6) is 0 Å². The minimum absolute atomic E-state index is 0.117. The second-order valence-corrected chi connectivity index (χ2v) is 12.3. The number of para-hydroxylation sites is 1. The molecule has 10 heteroatoms. The fourth-order valence-electron chi connectivity index (χ4n) is 4.02. The molecular formula is C23H25N5O2S3. The number of hydrogen-bond donors (Lipinski definition) is 0. The summed E-state index contributed by atoms with van der Waals surface area (Å²) in [4.78, 5) is 5.08. The van der Waals surface area contributed by atoms with Crippen LogP contribution in [0, 0.1) is 0 Å². The third kappa shape index (κ3) is 4.32. The van der Waals surface area contributed by atoms with E-state index in [0.717, 1.165) is 34.1 Å². The predicted molar refractivity (Wildman–Crippen MR) is 133 cm³/mol. The molecule has 3 heterocycles. The van der Waals surface area contributed by atoms with Gasteiger partial charge in [-0.15, -0.1) is 21.5 Å². The van der Waals surface area contributed by atoms with E-state index in [9.17, 15) is 8.42 Å². The molecule has 0 radical (unpaired) electrons. The first kappa shape index (κ1) is 22.5. The maximum atomic E-state index is 13.0. The van der Waals surface area contributed by atoms with Crippen LogP contribution in [0.15, 0.2) is 58.6 Å². The molecule has 0 aliphatic carbocycles. The lowest BCUT2D eigenvalue weighted by Gasteiger charge is -2.16. The molecule has 4 aromatic rings. The highest BCUT2D eigenvalue weighted by atomic mass is 32.2. The Bertz CT molecular complexity index is 1360. The van der Waals surface area contributed by atoms with Crippen molar-refractivity contribution in [3.05, 3.63) is 53.5 Å². The number of fused-ring (bicyclic) bond motifs is 1. The molecule has 0 N–H and O–H groups in total. The van der Waals surface area contributed by atoms with E-state index in [1.807, 2.05) is 35.8 Å². The first-order valence-corrected chi connectivity index (χ1v) is 14.2. The fraction of sp³-hybridized carbons (Fsp3) is 0.348. The molecule has 1 atom stereocenters.